The minimum atomic E-state index is -0.134. The summed E-state index contributed by atoms with van der Waals surface area (Å²) in [5, 5.41) is 9.18. The Bertz CT molecular complexity index is 75.0. The summed E-state index contributed by atoms with van der Waals surface area (Å²) in [5.74, 6) is 0. The van der Waals surface area contributed by atoms with Crippen molar-refractivity contribution in [1.29, 1.82) is 0 Å². The van der Waals surface area contributed by atoms with Crippen molar-refractivity contribution in [3.05, 3.63) is 7.05 Å². The van der Waals surface area contributed by atoms with Gasteiger partial charge in [0.05, 0.1) is 6.10 Å². The third kappa shape index (κ3) is 2.33. The number of nitrogens with zero attached hydrogens (tertiary/aromatic N) is 1. The Morgan fingerprint density at radius 3 is 3.00 bits per heavy atom. The van der Waals surface area contributed by atoms with Gasteiger partial charge in [0.1, 0.15) is 0 Å². The third-order valence-corrected chi connectivity index (χ3v) is 1.73. The molecule has 0 aromatic rings. The van der Waals surface area contributed by atoms with E-state index in [2.05, 4.69) is 7.05 Å². The van der Waals surface area contributed by atoms with Gasteiger partial charge in [-0.05, 0) is 32.4 Å². The second-order valence-corrected chi connectivity index (χ2v) is 2.73. The topological polar surface area (TPSA) is 23.5 Å². The highest BCUT2D eigenvalue weighted by Crippen LogP contribution is 2.08. The van der Waals surface area contributed by atoms with Crippen molar-refractivity contribution in [3.63, 3.8) is 0 Å². The molecule has 1 rings (SSSR count). The van der Waals surface area contributed by atoms with E-state index >= 15 is 0 Å². The molecule has 1 aliphatic heterocycles. The van der Waals surface area contributed by atoms with Gasteiger partial charge in [-0.2, -0.15) is 0 Å². The van der Waals surface area contributed by atoms with E-state index in [1.165, 1.54) is 6.42 Å². The largest absolute Gasteiger partial charge is 0.457 e. The summed E-state index contributed by atoms with van der Waals surface area (Å²) in [6.07, 6.45) is 3.14. The predicted octanol–water partition coefficient (Wildman–Crippen LogP) is 0.625. The molecule has 1 heterocycles. The Kier molecular flexibility index (Phi) is 2.49. The first-order valence-corrected chi connectivity index (χ1v) is 3.52. The lowest BCUT2D eigenvalue weighted by molar-refractivity contribution is 0.139. The molecule has 0 saturated carbocycles. The highest BCUT2D eigenvalue weighted by molar-refractivity contribution is 4.68. The normalized spacial score (nSPS) is 32.0. The van der Waals surface area contributed by atoms with E-state index in [0.717, 1.165) is 25.9 Å². The first kappa shape index (κ1) is 7.03. The third-order valence-electron chi connectivity index (χ3n) is 1.73. The van der Waals surface area contributed by atoms with Crippen molar-refractivity contribution in [3.8, 4) is 0 Å². The van der Waals surface area contributed by atoms with Crippen molar-refractivity contribution in [2.75, 3.05) is 13.1 Å². The van der Waals surface area contributed by atoms with E-state index in [4.69, 9.17) is 0 Å². The first-order valence-electron chi connectivity index (χ1n) is 3.52. The molecular formula is C7H14NO-. The van der Waals surface area contributed by atoms with Crippen molar-refractivity contribution in [1.82, 2.24) is 4.90 Å². The zero-order chi connectivity index (χ0) is 6.69. The zero-order valence-electron chi connectivity index (χ0n) is 5.71. The number of hydrogen-bond donors (Lipinski definition) is 1. The van der Waals surface area contributed by atoms with Crippen LogP contribution in [0.15, 0.2) is 0 Å². The zero-order valence-corrected chi connectivity index (χ0v) is 5.71. The number of aliphatic hydroxyl groups excluding tert-OH is 1. The SMILES string of the molecule is [CH2-]N1CCCCC(O)C1. The van der Waals surface area contributed by atoms with Gasteiger partial charge >= 0.3 is 0 Å². The second-order valence-electron chi connectivity index (χ2n) is 2.73. The fourth-order valence-corrected chi connectivity index (χ4v) is 1.20. The molecule has 54 valence electrons. The summed E-state index contributed by atoms with van der Waals surface area (Å²) >= 11 is 0. The van der Waals surface area contributed by atoms with Crippen LogP contribution in [0.25, 0.3) is 0 Å². The molecule has 1 aliphatic rings. The summed E-state index contributed by atoms with van der Waals surface area (Å²) in [5.41, 5.74) is 0. The van der Waals surface area contributed by atoms with Gasteiger partial charge in [-0.3, -0.25) is 7.05 Å². The highest BCUT2D eigenvalue weighted by atomic mass is 16.3. The smallest absolute Gasteiger partial charge is 0.0643 e. The number of β-amino-alcohol motifs (C(OH)–C–C–N with tert-alkyl or cyclic N) is 1. The lowest BCUT2D eigenvalue weighted by atomic mass is 10.2. The van der Waals surface area contributed by atoms with E-state index in [0.29, 0.717) is 0 Å². The molecule has 0 aromatic heterocycles. The lowest BCUT2D eigenvalue weighted by Crippen LogP contribution is -2.24. The van der Waals surface area contributed by atoms with Crippen molar-refractivity contribution in [2.24, 2.45) is 0 Å². The van der Waals surface area contributed by atoms with Gasteiger partial charge in [-0.1, -0.05) is 0 Å². The van der Waals surface area contributed by atoms with Gasteiger partial charge in [-0.15, -0.1) is 0 Å². The van der Waals surface area contributed by atoms with Crippen LogP contribution in [-0.2, 0) is 0 Å². The average Bonchev–Trinajstić information content (AvgIpc) is 1.93. The Morgan fingerprint density at radius 2 is 2.22 bits per heavy atom. The number of likely N-dealkylation sites (tertiary alicyclic amines) is 1. The van der Waals surface area contributed by atoms with Crippen molar-refractivity contribution < 1.29 is 5.11 Å². The Labute approximate surface area is 56.5 Å². The van der Waals surface area contributed by atoms with Crippen LogP contribution in [0.2, 0.25) is 0 Å². The number of rotatable bonds is 0. The molecule has 1 N–H and O–H groups in total. The maximum atomic E-state index is 9.18. The molecule has 9 heavy (non-hydrogen) atoms. The molecular weight excluding hydrogens is 114 g/mol. The quantitative estimate of drug-likeness (QED) is 0.483. The van der Waals surface area contributed by atoms with Crippen LogP contribution in [0, 0.1) is 7.05 Å². The summed E-state index contributed by atoms with van der Waals surface area (Å²) < 4.78 is 0. The Balaban J connectivity index is 2.29. The minimum Gasteiger partial charge on any atom is -0.457 e. The van der Waals surface area contributed by atoms with Crippen molar-refractivity contribution in [2.45, 2.75) is 25.4 Å². The van der Waals surface area contributed by atoms with Crippen LogP contribution in [0.3, 0.4) is 0 Å². The summed E-state index contributed by atoms with van der Waals surface area (Å²) in [7, 11) is 3.78. The maximum Gasteiger partial charge on any atom is 0.0643 e. The molecule has 2 heteroatoms. The molecule has 1 saturated heterocycles. The van der Waals surface area contributed by atoms with Crippen LogP contribution < -0.4 is 0 Å². The van der Waals surface area contributed by atoms with Crippen LogP contribution in [0.4, 0.5) is 0 Å². The number of hydrogen-bond acceptors (Lipinski definition) is 2. The Hall–Kier alpha value is -0.0800. The van der Waals surface area contributed by atoms with E-state index in [9.17, 15) is 5.11 Å². The molecule has 0 radical (unpaired) electrons. The maximum absolute atomic E-state index is 9.18. The summed E-state index contributed by atoms with van der Waals surface area (Å²) in [4.78, 5) is 1.94. The predicted molar refractivity (Wildman–Crippen MR) is 36.8 cm³/mol. The first-order chi connectivity index (χ1) is 4.29. The fraction of sp³-hybridized carbons (Fsp3) is 0.857. The molecule has 0 spiro atoms. The van der Waals surface area contributed by atoms with Crippen molar-refractivity contribution >= 4 is 0 Å². The van der Waals surface area contributed by atoms with Crippen LogP contribution in [-0.4, -0.2) is 29.2 Å². The average molecular weight is 128 g/mol. The monoisotopic (exact) mass is 128 g/mol. The second kappa shape index (κ2) is 3.18. The fourth-order valence-electron chi connectivity index (χ4n) is 1.20. The highest BCUT2D eigenvalue weighted by Gasteiger charge is 2.07. The van der Waals surface area contributed by atoms with Gasteiger partial charge in [0.25, 0.3) is 0 Å². The van der Waals surface area contributed by atoms with Gasteiger partial charge in [0, 0.05) is 0 Å². The molecule has 0 amide bonds. The summed E-state index contributed by atoms with van der Waals surface area (Å²) in [6, 6.07) is 0. The van der Waals surface area contributed by atoms with E-state index in [1.807, 2.05) is 4.90 Å². The Morgan fingerprint density at radius 1 is 1.44 bits per heavy atom. The molecule has 1 unspecified atom stereocenters. The van der Waals surface area contributed by atoms with Crippen LogP contribution >= 0.6 is 0 Å². The van der Waals surface area contributed by atoms with E-state index in [-0.39, 0.29) is 6.10 Å². The van der Waals surface area contributed by atoms with Gasteiger partial charge < -0.3 is 10.0 Å². The molecule has 1 fully saturated rings. The number of aliphatic hydroxyl groups is 1. The van der Waals surface area contributed by atoms with Crippen LogP contribution in [0.5, 0.6) is 0 Å². The molecule has 1 atom stereocenters. The molecule has 0 aliphatic carbocycles. The van der Waals surface area contributed by atoms with E-state index < -0.39 is 0 Å². The molecule has 2 nitrogen and oxygen atoms in total. The molecule has 0 bridgehead atoms. The standard InChI is InChI=1S/C7H14NO/c1-8-5-3-2-4-7(9)6-8/h7,9H,1-6H2/q-1. The molecule has 0 aromatic carbocycles. The van der Waals surface area contributed by atoms with Gasteiger partial charge in [-0.25, -0.2) is 0 Å². The van der Waals surface area contributed by atoms with E-state index in [1.54, 1.807) is 0 Å². The van der Waals surface area contributed by atoms with Crippen LogP contribution in [0.1, 0.15) is 19.3 Å². The van der Waals surface area contributed by atoms with Gasteiger partial charge in [0.2, 0.25) is 0 Å². The summed E-state index contributed by atoms with van der Waals surface area (Å²) in [6.45, 7) is 1.79. The minimum absolute atomic E-state index is 0.134. The van der Waals surface area contributed by atoms with Gasteiger partial charge in [0.15, 0.2) is 0 Å². The lowest BCUT2D eigenvalue weighted by Gasteiger charge is -2.23.